The van der Waals surface area contributed by atoms with Crippen LogP contribution in [0, 0.1) is 5.41 Å². The van der Waals surface area contributed by atoms with Gasteiger partial charge in [-0.1, -0.05) is 20.8 Å². The van der Waals surface area contributed by atoms with Crippen LogP contribution in [0.25, 0.3) is 0 Å². The Balaban J connectivity index is 3.06. The van der Waals surface area contributed by atoms with Crippen molar-refractivity contribution in [3.63, 3.8) is 0 Å². The van der Waals surface area contributed by atoms with Gasteiger partial charge in [0.2, 0.25) is 10.0 Å². The molecule has 0 fully saturated rings. The molecule has 1 aromatic rings. The van der Waals surface area contributed by atoms with Gasteiger partial charge in [-0.15, -0.1) is 0 Å². The van der Waals surface area contributed by atoms with E-state index in [1.807, 2.05) is 0 Å². The molecule has 1 aromatic carbocycles. The van der Waals surface area contributed by atoms with Crippen molar-refractivity contribution in [1.82, 2.24) is 4.72 Å². The summed E-state index contributed by atoms with van der Waals surface area (Å²) in [6.07, 6.45) is 0. The Morgan fingerprint density at radius 3 is 2.10 bits per heavy atom. The lowest BCUT2D eigenvalue weighted by atomic mass is 9.88. The zero-order valence-electron chi connectivity index (χ0n) is 11.9. The Kier molecular flexibility index (Phi) is 4.77. The molecule has 0 aliphatic heterocycles. The van der Waals surface area contributed by atoms with Crippen LogP contribution in [0.4, 0.5) is 0 Å². The van der Waals surface area contributed by atoms with Crippen LogP contribution in [0.3, 0.4) is 0 Å². The van der Waals surface area contributed by atoms with Crippen molar-refractivity contribution in [2.24, 2.45) is 5.41 Å². The van der Waals surface area contributed by atoms with Crippen LogP contribution in [-0.2, 0) is 14.8 Å². The van der Waals surface area contributed by atoms with E-state index in [2.05, 4.69) is 4.72 Å². The van der Waals surface area contributed by atoms with Crippen molar-refractivity contribution < 1.29 is 23.1 Å². The molecular formula is C13H19NO5S. The van der Waals surface area contributed by atoms with Gasteiger partial charge in [0, 0.05) is 0 Å². The minimum absolute atomic E-state index is 0.00574. The number of carboxylic acids is 1. The first-order chi connectivity index (χ1) is 9.08. The third-order valence-corrected chi connectivity index (χ3v) is 4.19. The lowest BCUT2D eigenvalue weighted by Gasteiger charge is -2.27. The normalized spacial score (nSPS) is 13.8. The number of rotatable bonds is 5. The fraction of sp³-hybridized carbons (Fsp3) is 0.462. The van der Waals surface area contributed by atoms with Crippen molar-refractivity contribution in [2.45, 2.75) is 31.7 Å². The Morgan fingerprint density at radius 2 is 1.75 bits per heavy atom. The predicted molar refractivity (Wildman–Crippen MR) is 74.2 cm³/mol. The summed E-state index contributed by atoms with van der Waals surface area (Å²) in [7, 11) is -2.43. The molecule has 1 rings (SSSR count). The van der Waals surface area contributed by atoms with E-state index >= 15 is 0 Å². The first kappa shape index (κ1) is 16.5. The second kappa shape index (κ2) is 5.80. The van der Waals surface area contributed by atoms with Crippen LogP contribution < -0.4 is 9.46 Å². The summed E-state index contributed by atoms with van der Waals surface area (Å²) < 4.78 is 31.5. The fourth-order valence-corrected chi connectivity index (χ4v) is 2.97. The van der Waals surface area contributed by atoms with E-state index in [-0.39, 0.29) is 4.90 Å². The van der Waals surface area contributed by atoms with Gasteiger partial charge < -0.3 is 9.84 Å². The highest BCUT2D eigenvalue weighted by Gasteiger charge is 2.35. The monoisotopic (exact) mass is 301 g/mol. The lowest BCUT2D eigenvalue weighted by Crippen LogP contribution is -2.48. The van der Waals surface area contributed by atoms with Gasteiger partial charge in [0.15, 0.2) is 0 Å². The highest BCUT2D eigenvalue weighted by molar-refractivity contribution is 7.89. The number of nitrogens with one attached hydrogen (secondary N) is 1. The summed E-state index contributed by atoms with van der Waals surface area (Å²) >= 11 is 0. The number of methoxy groups -OCH3 is 1. The molecule has 1 atom stereocenters. The number of sulfonamides is 1. The number of ether oxygens (including phenoxy) is 1. The van der Waals surface area contributed by atoms with Crippen molar-refractivity contribution in [2.75, 3.05) is 7.11 Å². The Bertz CT molecular complexity index is 572. The van der Waals surface area contributed by atoms with Crippen LogP contribution in [-0.4, -0.2) is 32.6 Å². The van der Waals surface area contributed by atoms with Crippen LogP contribution >= 0.6 is 0 Å². The molecular weight excluding hydrogens is 282 g/mol. The highest BCUT2D eigenvalue weighted by Crippen LogP contribution is 2.22. The molecule has 6 nitrogen and oxygen atoms in total. The van der Waals surface area contributed by atoms with Gasteiger partial charge >= 0.3 is 5.97 Å². The molecule has 0 saturated carbocycles. The van der Waals surface area contributed by atoms with Gasteiger partial charge in [-0.3, -0.25) is 4.79 Å². The summed E-state index contributed by atoms with van der Waals surface area (Å²) in [6.45, 7) is 4.97. The minimum atomic E-state index is -3.90. The van der Waals surface area contributed by atoms with E-state index in [0.29, 0.717) is 5.75 Å². The maximum atomic E-state index is 12.2. The van der Waals surface area contributed by atoms with Crippen molar-refractivity contribution >= 4 is 16.0 Å². The molecule has 0 aliphatic rings. The first-order valence-corrected chi connectivity index (χ1v) is 7.45. The summed E-state index contributed by atoms with van der Waals surface area (Å²) in [4.78, 5) is 11.2. The molecule has 0 spiro atoms. The topological polar surface area (TPSA) is 92.7 Å². The number of hydrogen-bond acceptors (Lipinski definition) is 4. The number of hydrogen-bond donors (Lipinski definition) is 2. The third-order valence-electron chi connectivity index (χ3n) is 2.76. The van der Waals surface area contributed by atoms with Crippen molar-refractivity contribution in [1.29, 1.82) is 0 Å². The molecule has 0 heterocycles. The lowest BCUT2D eigenvalue weighted by molar-refractivity contribution is -0.141. The number of carboxylic acid groups (broad SMARTS) is 1. The molecule has 0 aliphatic carbocycles. The molecule has 2 N–H and O–H groups in total. The zero-order chi connectivity index (χ0) is 15.6. The molecule has 0 amide bonds. The number of carbonyl (C=O) groups is 1. The van der Waals surface area contributed by atoms with Gasteiger partial charge in [0.25, 0.3) is 0 Å². The average Bonchev–Trinajstić information content (AvgIpc) is 2.34. The van der Waals surface area contributed by atoms with Gasteiger partial charge in [-0.25, -0.2) is 8.42 Å². The smallest absolute Gasteiger partial charge is 0.322 e. The first-order valence-electron chi connectivity index (χ1n) is 5.97. The van der Waals surface area contributed by atoms with E-state index in [1.165, 1.54) is 31.4 Å². The molecule has 0 aromatic heterocycles. The van der Waals surface area contributed by atoms with Gasteiger partial charge in [0.1, 0.15) is 11.8 Å². The second-order valence-corrected chi connectivity index (χ2v) is 7.15. The summed E-state index contributed by atoms with van der Waals surface area (Å²) in [5.41, 5.74) is -0.745. The molecule has 20 heavy (non-hydrogen) atoms. The van der Waals surface area contributed by atoms with E-state index in [4.69, 9.17) is 9.84 Å². The third kappa shape index (κ3) is 3.94. The van der Waals surface area contributed by atoms with Crippen molar-refractivity contribution in [3.8, 4) is 5.75 Å². The molecule has 112 valence electrons. The maximum Gasteiger partial charge on any atom is 0.322 e. The Morgan fingerprint density at radius 1 is 1.25 bits per heavy atom. The second-order valence-electron chi connectivity index (χ2n) is 5.43. The van der Waals surface area contributed by atoms with Crippen LogP contribution in [0.1, 0.15) is 20.8 Å². The largest absolute Gasteiger partial charge is 0.497 e. The maximum absolute atomic E-state index is 12.2. The number of aliphatic carboxylic acids is 1. The quantitative estimate of drug-likeness (QED) is 0.859. The number of benzene rings is 1. The van der Waals surface area contributed by atoms with Gasteiger partial charge in [-0.2, -0.15) is 4.72 Å². The van der Waals surface area contributed by atoms with E-state index in [1.54, 1.807) is 20.8 Å². The molecule has 0 saturated heterocycles. The predicted octanol–water partition coefficient (Wildman–Crippen LogP) is 1.47. The summed E-state index contributed by atoms with van der Waals surface area (Å²) in [5.74, 6) is -0.691. The zero-order valence-corrected chi connectivity index (χ0v) is 12.7. The van der Waals surface area contributed by atoms with Crippen LogP contribution in [0.2, 0.25) is 0 Å². The van der Waals surface area contributed by atoms with Gasteiger partial charge in [-0.05, 0) is 29.7 Å². The van der Waals surface area contributed by atoms with Gasteiger partial charge in [0.05, 0.1) is 12.0 Å². The SMILES string of the molecule is COc1ccc(S(=O)(=O)NC(C(=O)O)C(C)(C)C)cc1. The molecule has 0 bridgehead atoms. The highest BCUT2D eigenvalue weighted by atomic mass is 32.2. The van der Waals surface area contributed by atoms with Crippen LogP contribution in [0.5, 0.6) is 5.75 Å². The summed E-state index contributed by atoms with van der Waals surface area (Å²) in [5, 5.41) is 9.15. The Hall–Kier alpha value is -1.60. The van der Waals surface area contributed by atoms with E-state index < -0.39 is 27.4 Å². The van der Waals surface area contributed by atoms with E-state index in [9.17, 15) is 13.2 Å². The average molecular weight is 301 g/mol. The molecule has 1 unspecified atom stereocenters. The summed E-state index contributed by atoms with van der Waals surface area (Å²) in [6, 6.07) is 4.52. The minimum Gasteiger partial charge on any atom is -0.497 e. The van der Waals surface area contributed by atoms with E-state index in [0.717, 1.165) is 0 Å². The molecule has 7 heteroatoms. The standard InChI is InChI=1S/C13H19NO5S/c1-13(2,3)11(12(15)16)14-20(17,18)10-7-5-9(19-4)6-8-10/h5-8,11,14H,1-4H3,(H,15,16). The Labute approximate surface area is 118 Å². The van der Waals surface area contributed by atoms with Crippen LogP contribution in [0.15, 0.2) is 29.2 Å². The fourth-order valence-electron chi connectivity index (χ4n) is 1.58. The van der Waals surface area contributed by atoms with Crippen molar-refractivity contribution in [3.05, 3.63) is 24.3 Å². The molecule has 0 radical (unpaired) electrons.